The molecule has 1 heterocycles. The summed E-state index contributed by atoms with van der Waals surface area (Å²) < 4.78 is 24.5. The second-order valence-corrected chi connectivity index (χ2v) is 6.70. The van der Waals surface area contributed by atoms with E-state index in [4.69, 9.17) is 0 Å². The first kappa shape index (κ1) is 15.2. The van der Waals surface area contributed by atoms with E-state index in [-0.39, 0.29) is 24.0 Å². The van der Waals surface area contributed by atoms with Crippen LogP contribution in [0.3, 0.4) is 0 Å². The third-order valence-corrected chi connectivity index (χ3v) is 4.01. The Balaban J connectivity index is 2.00. The molecule has 0 fully saturated rings. The number of rotatable bonds is 5. The van der Waals surface area contributed by atoms with E-state index in [0.717, 1.165) is 17.5 Å². The van der Waals surface area contributed by atoms with Crippen LogP contribution in [0.15, 0.2) is 41.8 Å². The van der Waals surface area contributed by atoms with Gasteiger partial charge in [-0.15, -0.1) is 0 Å². The maximum atomic E-state index is 11.9. The molecule has 21 heavy (non-hydrogen) atoms. The molecule has 1 amide bonds. The molecule has 1 aromatic heterocycles. The van der Waals surface area contributed by atoms with E-state index in [9.17, 15) is 13.2 Å². The molecule has 112 valence electrons. The summed E-state index contributed by atoms with van der Waals surface area (Å²) in [5, 5.41) is 2.79. The zero-order valence-corrected chi connectivity index (χ0v) is 12.7. The quantitative estimate of drug-likeness (QED) is 0.910. The average molecular weight is 307 g/mol. The molecule has 2 rings (SSSR count). The van der Waals surface area contributed by atoms with Crippen molar-refractivity contribution in [2.75, 3.05) is 11.6 Å². The van der Waals surface area contributed by atoms with Gasteiger partial charge in [-0.05, 0) is 18.6 Å². The maximum Gasteiger partial charge on any atom is 0.227 e. The van der Waals surface area contributed by atoms with Gasteiger partial charge in [-0.3, -0.25) is 4.79 Å². The van der Waals surface area contributed by atoms with Gasteiger partial charge in [-0.25, -0.2) is 13.4 Å². The normalized spacial score (nSPS) is 11.3. The summed E-state index contributed by atoms with van der Waals surface area (Å²) in [4.78, 5) is 15.7. The molecule has 1 N–H and O–H groups in total. The summed E-state index contributed by atoms with van der Waals surface area (Å²) in [6.07, 6.45) is 4.24. The van der Waals surface area contributed by atoms with Crippen LogP contribution < -0.4 is 5.32 Å². The number of sulfone groups is 1. The SMILES string of the molecule is Cc1ccccc1NC(=O)CCn1ccnc1S(C)(=O)=O. The summed E-state index contributed by atoms with van der Waals surface area (Å²) >= 11 is 0. The van der Waals surface area contributed by atoms with Crippen molar-refractivity contribution in [3.05, 3.63) is 42.2 Å². The fourth-order valence-electron chi connectivity index (χ4n) is 1.94. The molecule has 0 radical (unpaired) electrons. The lowest BCUT2D eigenvalue weighted by atomic mass is 10.2. The van der Waals surface area contributed by atoms with E-state index in [1.54, 1.807) is 6.20 Å². The Morgan fingerprint density at radius 1 is 1.33 bits per heavy atom. The van der Waals surface area contributed by atoms with Crippen LogP contribution in [0.4, 0.5) is 5.69 Å². The van der Waals surface area contributed by atoms with E-state index in [1.165, 1.54) is 10.8 Å². The molecule has 2 aromatic rings. The van der Waals surface area contributed by atoms with Crippen LogP contribution in [0, 0.1) is 6.92 Å². The minimum Gasteiger partial charge on any atom is -0.326 e. The average Bonchev–Trinajstić information content (AvgIpc) is 2.87. The number of aromatic nitrogens is 2. The van der Waals surface area contributed by atoms with Gasteiger partial charge in [-0.2, -0.15) is 0 Å². The molecule has 0 aliphatic rings. The molecule has 0 saturated carbocycles. The summed E-state index contributed by atoms with van der Waals surface area (Å²) in [6, 6.07) is 7.48. The molecular weight excluding hydrogens is 290 g/mol. The molecule has 0 saturated heterocycles. The molecular formula is C14H17N3O3S. The fraction of sp³-hybridized carbons (Fsp3) is 0.286. The van der Waals surface area contributed by atoms with Gasteiger partial charge in [0.1, 0.15) is 0 Å². The Kier molecular flexibility index (Phi) is 4.42. The highest BCUT2D eigenvalue weighted by molar-refractivity contribution is 7.90. The lowest BCUT2D eigenvalue weighted by Gasteiger charge is -2.09. The molecule has 1 aromatic carbocycles. The van der Waals surface area contributed by atoms with Crippen molar-refractivity contribution in [3.63, 3.8) is 0 Å². The summed E-state index contributed by atoms with van der Waals surface area (Å²) in [5.74, 6) is -0.169. The molecule has 0 aliphatic carbocycles. The fourth-order valence-corrected chi connectivity index (χ4v) is 2.77. The van der Waals surface area contributed by atoms with Gasteiger partial charge >= 0.3 is 0 Å². The third-order valence-electron chi connectivity index (χ3n) is 3.01. The predicted octanol–water partition coefficient (Wildman–Crippen LogP) is 1.62. The number of para-hydroxylation sites is 1. The minimum absolute atomic E-state index is 0.0220. The Morgan fingerprint density at radius 2 is 2.05 bits per heavy atom. The maximum absolute atomic E-state index is 11.9. The number of benzene rings is 1. The Labute approximate surface area is 123 Å². The van der Waals surface area contributed by atoms with Gasteiger partial charge in [-0.1, -0.05) is 18.2 Å². The van der Waals surface area contributed by atoms with Gasteiger partial charge < -0.3 is 9.88 Å². The van der Waals surface area contributed by atoms with Gasteiger partial charge in [0.25, 0.3) is 0 Å². The van der Waals surface area contributed by atoms with Crippen molar-refractivity contribution >= 4 is 21.4 Å². The van der Waals surface area contributed by atoms with E-state index in [1.807, 2.05) is 31.2 Å². The number of nitrogens with zero attached hydrogens (tertiary/aromatic N) is 2. The highest BCUT2D eigenvalue weighted by Gasteiger charge is 2.15. The lowest BCUT2D eigenvalue weighted by molar-refractivity contribution is -0.116. The second kappa shape index (κ2) is 6.09. The molecule has 0 bridgehead atoms. The van der Waals surface area contributed by atoms with Crippen molar-refractivity contribution in [2.45, 2.75) is 25.0 Å². The topological polar surface area (TPSA) is 81.1 Å². The van der Waals surface area contributed by atoms with Crippen LogP contribution in [0.5, 0.6) is 0 Å². The number of hydrogen-bond acceptors (Lipinski definition) is 4. The number of amides is 1. The van der Waals surface area contributed by atoms with Crippen molar-refractivity contribution in [2.24, 2.45) is 0 Å². The Hall–Kier alpha value is -2.15. The first-order chi connectivity index (χ1) is 9.88. The minimum atomic E-state index is -3.38. The largest absolute Gasteiger partial charge is 0.326 e. The highest BCUT2D eigenvalue weighted by Crippen LogP contribution is 2.14. The zero-order chi connectivity index (χ0) is 15.5. The monoisotopic (exact) mass is 307 g/mol. The van der Waals surface area contributed by atoms with E-state index < -0.39 is 9.84 Å². The van der Waals surface area contributed by atoms with Gasteiger partial charge in [0, 0.05) is 37.3 Å². The molecule has 0 atom stereocenters. The molecule has 0 spiro atoms. The number of anilines is 1. The van der Waals surface area contributed by atoms with Crippen LogP contribution >= 0.6 is 0 Å². The predicted molar refractivity (Wildman–Crippen MR) is 79.8 cm³/mol. The van der Waals surface area contributed by atoms with E-state index >= 15 is 0 Å². The Morgan fingerprint density at radius 3 is 2.71 bits per heavy atom. The summed E-state index contributed by atoms with van der Waals surface area (Å²) in [6.45, 7) is 2.17. The zero-order valence-electron chi connectivity index (χ0n) is 11.9. The number of hydrogen-bond donors (Lipinski definition) is 1. The van der Waals surface area contributed by atoms with Crippen LogP contribution in [0.25, 0.3) is 0 Å². The number of imidazole rings is 1. The number of aryl methyl sites for hydroxylation is 2. The highest BCUT2D eigenvalue weighted by atomic mass is 32.2. The van der Waals surface area contributed by atoms with E-state index in [0.29, 0.717) is 0 Å². The van der Waals surface area contributed by atoms with Gasteiger partial charge in [0.2, 0.25) is 20.9 Å². The van der Waals surface area contributed by atoms with Crippen molar-refractivity contribution in [1.29, 1.82) is 0 Å². The molecule has 7 heteroatoms. The molecule has 0 unspecified atom stereocenters. The second-order valence-electron chi connectivity index (χ2n) is 4.79. The van der Waals surface area contributed by atoms with Crippen LogP contribution in [-0.2, 0) is 21.2 Å². The number of carbonyl (C=O) groups excluding carboxylic acids is 1. The molecule has 6 nitrogen and oxygen atoms in total. The van der Waals surface area contributed by atoms with Gasteiger partial charge in [0.15, 0.2) is 0 Å². The van der Waals surface area contributed by atoms with Crippen LogP contribution in [0.1, 0.15) is 12.0 Å². The van der Waals surface area contributed by atoms with Crippen LogP contribution in [0.2, 0.25) is 0 Å². The first-order valence-electron chi connectivity index (χ1n) is 6.44. The van der Waals surface area contributed by atoms with Crippen molar-refractivity contribution in [3.8, 4) is 0 Å². The molecule has 0 aliphatic heterocycles. The van der Waals surface area contributed by atoms with Crippen LogP contribution in [-0.4, -0.2) is 30.1 Å². The summed E-state index contributed by atoms with van der Waals surface area (Å²) in [7, 11) is -3.38. The van der Waals surface area contributed by atoms with Crippen molar-refractivity contribution < 1.29 is 13.2 Å². The first-order valence-corrected chi connectivity index (χ1v) is 8.34. The number of carbonyl (C=O) groups is 1. The lowest BCUT2D eigenvalue weighted by Crippen LogP contribution is -2.17. The standard InChI is InChI=1S/C14H17N3O3S/c1-11-5-3-4-6-12(11)16-13(18)7-9-17-10-8-15-14(17)21(2,19)20/h3-6,8,10H,7,9H2,1-2H3,(H,16,18). The summed E-state index contributed by atoms with van der Waals surface area (Å²) in [5.41, 5.74) is 1.74. The Bertz CT molecular complexity index is 750. The van der Waals surface area contributed by atoms with Crippen molar-refractivity contribution in [1.82, 2.24) is 9.55 Å². The van der Waals surface area contributed by atoms with Gasteiger partial charge in [0.05, 0.1) is 0 Å². The van der Waals surface area contributed by atoms with E-state index in [2.05, 4.69) is 10.3 Å². The number of nitrogens with one attached hydrogen (secondary N) is 1. The smallest absolute Gasteiger partial charge is 0.227 e. The third kappa shape index (κ3) is 3.91.